The van der Waals surface area contributed by atoms with E-state index < -0.39 is 0 Å². The molecule has 3 nitrogen and oxygen atoms in total. The van der Waals surface area contributed by atoms with E-state index in [-0.39, 0.29) is 0 Å². The molecule has 0 radical (unpaired) electrons. The van der Waals surface area contributed by atoms with Gasteiger partial charge in [-0.2, -0.15) is 0 Å². The molecule has 0 saturated carbocycles. The average Bonchev–Trinajstić information content (AvgIpc) is 3.03. The molecule has 0 aromatic heterocycles. The summed E-state index contributed by atoms with van der Waals surface area (Å²) in [6, 6.07) is 0.736. The lowest BCUT2D eigenvalue weighted by Gasteiger charge is -2.40. The molecule has 0 aliphatic carbocycles. The Bertz CT molecular complexity index is 695. The Morgan fingerprint density at radius 1 is 1.39 bits per heavy atom. The molecule has 3 aliphatic heterocycles. The molecule has 0 bridgehead atoms. The van der Waals surface area contributed by atoms with Crippen molar-refractivity contribution in [3.8, 4) is 12.3 Å². The summed E-state index contributed by atoms with van der Waals surface area (Å²) in [4.78, 5) is 4.86. The predicted molar refractivity (Wildman–Crippen MR) is 95.0 cm³/mol. The largest absolute Gasteiger partial charge is 0.358 e. The van der Waals surface area contributed by atoms with Crippen LogP contribution < -0.4 is 5.32 Å². The van der Waals surface area contributed by atoms with Gasteiger partial charge in [-0.15, -0.1) is 12.2 Å². The van der Waals surface area contributed by atoms with Crippen LogP contribution in [-0.2, 0) is 0 Å². The first-order valence-electron chi connectivity index (χ1n) is 8.08. The highest BCUT2D eigenvalue weighted by Gasteiger charge is 2.32. The van der Waals surface area contributed by atoms with Gasteiger partial charge < -0.3 is 10.2 Å². The van der Waals surface area contributed by atoms with Crippen LogP contribution in [0.2, 0.25) is 0 Å². The van der Waals surface area contributed by atoms with E-state index in [4.69, 9.17) is 6.42 Å². The molecule has 1 N–H and O–H groups in total. The van der Waals surface area contributed by atoms with Crippen LogP contribution in [0.4, 0.5) is 0 Å². The number of allylic oxidation sites excluding steroid dienone is 4. The van der Waals surface area contributed by atoms with Crippen LogP contribution in [0.15, 0.2) is 65.9 Å². The Morgan fingerprint density at radius 3 is 2.91 bits per heavy atom. The van der Waals surface area contributed by atoms with Crippen LogP contribution in [0.25, 0.3) is 0 Å². The molecule has 0 amide bonds. The van der Waals surface area contributed by atoms with Crippen LogP contribution in [0, 0.1) is 12.3 Å². The standard InChI is InChI=1S/C20H23N3/c1-5-16-13-21-20(18(6-2)15(16)4)19(7-3)23-12-10-17-9-8-11-22(17)14-23/h2,5,13,17,21H,1,3-4,8-12,14H2. The number of hydrogen-bond donors (Lipinski definition) is 1. The van der Waals surface area contributed by atoms with Gasteiger partial charge in [0.2, 0.25) is 0 Å². The lowest BCUT2D eigenvalue weighted by Crippen LogP contribution is -2.47. The Hall–Kier alpha value is -2.40. The van der Waals surface area contributed by atoms with Crippen molar-refractivity contribution in [2.45, 2.75) is 25.3 Å². The van der Waals surface area contributed by atoms with E-state index >= 15 is 0 Å². The molecule has 3 heterocycles. The van der Waals surface area contributed by atoms with Crippen molar-refractivity contribution >= 4 is 0 Å². The van der Waals surface area contributed by atoms with Gasteiger partial charge >= 0.3 is 0 Å². The van der Waals surface area contributed by atoms with Crippen molar-refractivity contribution in [3.63, 3.8) is 0 Å². The Labute approximate surface area is 139 Å². The number of terminal acetylenes is 1. The number of nitrogens with zero attached hydrogens (tertiary/aromatic N) is 2. The summed E-state index contributed by atoms with van der Waals surface area (Å²) in [5.41, 5.74) is 7.40. The minimum Gasteiger partial charge on any atom is -0.358 e. The van der Waals surface area contributed by atoms with E-state index in [0.29, 0.717) is 0 Å². The molecule has 1 unspecified atom stereocenters. The maximum absolute atomic E-state index is 5.75. The van der Waals surface area contributed by atoms with Crippen molar-refractivity contribution in [1.29, 1.82) is 0 Å². The van der Waals surface area contributed by atoms with E-state index in [1.54, 1.807) is 6.08 Å². The molecule has 0 aromatic rings. The van der Waals surface area contributed by atoms with Crippen LogP contribution in [-0.4, -0.2) is 35.6 Å². The Balaban J connectivity index is 1.89. The van der Waals surface area contributed by atoms with Crippen molar-refractivity contribution in [3.05, 3.63) is 65.9 Å². The highest BCUT2D eigenvalue weighted by molar-refractivity contribution is 5.63. The number of hydrogen-bond acceptors (Lipinski definition) is 3. The average molecular weight is 305 g/mol. The molecular formula is C20H23N3. The highest BCUT2D eigenvalue weighted by atomic mass is 15.4. The van der Waals surface area contributed by atoms with Crippen molar-refractivity contribution in [2.24, 2.45) is 0 Å². The van der Waals surface area contributed by atoms with Crippen molar-refractivity contribution < 1.29 is 0 Å². The second-order valence-corrected chi connectivity index (χ2v) is 6.15. The van der Waals surface area contributed by atoms with Crippen LogP contribution in [0.5, 0.6) is 0 Å². The topological polar surface area (TPSA) is 18.5 Å². The molecule has 0 aromatic carbocycles. The molecule has 3 rings (SSSR count). The number of rotatable bonds is 3. The number of dihydropyridines is 1. The van der Waals surface area contributed by atoms with Gasteiger partial charge in [0.25, 0.3) is 0 Å². The molecule has 1 atom stereocenters. The smallest absolute Gasteiger partial charge is 0.106 e. The summed E-state index contributed by atoms with van der Waals surface area (Å²) in [5.74, 6) is 2.77. The fourth-order valence-corrected chi connectivity index (χ4v) is 3.68. The summed E-state index contributed by atoms with van der Waals surface area (Å²) in [6.45, 7) is 14.9. The maximum Gasteiger partial charge on any atom is 0.106 e. The van der Waals surface area contributed by atoms with E-state index in [2.05, 4.69) is 46.5 Å². The predicted octanol–water partition coefficient (Wildman–Crippen LogP) is 2.90. The van der Waals surface area contributed by atoms with Gasteiger partial charge in [0.15, 0.2) is 0 Å². The second kappa shape index (κ2) is 6.38. The van der Waals surface area contributed by atoms with Crippen molar-refractivity contribution in [1.82, 2.24) is 15.1 Å². The lowest BCUT2D eigenvalue weighted by molar-refractivity contribution is 0.0924. The first-order chi connectivity index (χ1) is 11.2. The molecule has 2 fully saturated rings. The van der Waals surface area contributed by atoms with Gasteiger partial charge in [0, 0.05) is 25.3 Å². The normalized spacial score (nSPS) is 24.3. The molecule has 0 spiro atoms. The highest BCUT2D eigenvalue weighted by Crippen LogP contribution is 2.31. The van der Waals surface area contributed by atoms with Gasteiger partial charge in [0.05, 0.1) is 17.9 Å². The molecular weight excluding hydrogens is 282 g/mol. The van der Waals surface area contributed by atoms with Crippen LogP contribution in [0.1, 0.15) is 19.3 Å². The van der Waals surface area contributed by atoms with E-state index in [9.17, 15) is 0 Å². The molecule has 23 heavy (non-hydrogen) atoms. The summed E-state index contributed by atoms with van der Waals surface area (Å²) in [7, 11) is 0. The third kappa shape index (κ3) is 2.68. The molecule has 3 aliphatic rings. The minimum absolute atomic E-state index is 0.736. The third-order valence-electron chi connectivity index (χ3n) is 4.94. The van der Waals surface area contributed by atoms with E-state index in [0.717, 1.165) is 47.4 Å². The Kier molecular flexibility index (Phi) is 4.30. The fourth-order valence-electron chi connectivity index (χ4n) is 3.68. The van der Waals surface area contributed by atoms with E-state index in [1.807, 2.05) is 6.20 Å². The zero-order valence-corrected chi connectivity index (χ0v) is 13.6. The Morgan fingerprint density at radius 2 is 2.22 bits per heavy atom. The van der Waals surface area contributed by atoms with Gasteiger partial charge in [-0.25, -0.2) is 0 Å². The SMILES string of the molecule is C#CC1=C(C(=C=C)N2CCC3CCCN3C2)NC=C(C=C)C1=C. The van der Waals surface area contributed by atoms with E-state index in [1.165, 1.54) is 25.8 Å². The molecule has 3 heteroatoms. The minimum atomic E-state index is 0.736. The number of fused-ring (bicyclic) bond motifs is 1. The summed E-state index contributed by atoms with van der Waals surface area (Å²) in [6.07, 6.45) is 13.2. The van der Waals surface area contributed by atoms with Gasteiger partial charge in [0.1, 0.15) is 5.70 Å². The van der Waals surface area contributed by atoms with Gasteiger partial charge in [-0.3, -0.25) is 4.90 Å². The van der Waals surface area contributed by atoms with Gasteiger partial charge in [-0.1, -0.05) is 31.7 Å². The second-order valence-electron chi connectivity index (χ2n) is 6.15. The number of nitrogens with one attached hydrogen (secondary N) is 1. The molecule has 118 valence electrons. The van der Waals surface area contributed by atoms with Crippen LogP contribution >= 0.6 is 0 Å². The zero-order valence-electron chi connectivity index (χ0n) is 13.6. The van der Waals surface area contributed by atoms with Gasteiger partial charge in [-0.05, 0) is 30.4 Å². The first kappa shape index (κ1) is 15.5. The lowest BCUT2D eigenvalue weighted by atomic mass is 9.94. The summed E-state index contributed by atoms with van der Waals surface area (Å²) < 4.78 is 0. The van der Waals surface area contributed by atoms with Crippen molar-refractivity contribution in [2.75, 3.05) is 19.8 Å². The first-order valence-corrected chi connectivity index (χ1v) is 8.08. The van der Waals surface area contributed by atoms with Crippen LogP contribution in [0.3, 0.4) is 0 Å². The fraction of sp³-hybridized carbons (Fsp3) is 0.350. The monoisotopic (exact) mass is 305 g/mol. The molecule has 2 saturated heterocycles. The maximum atomic E-state index is 5.75. The summed E-state index contributed by atoms with van der Waals surface area (Å²) >= 11 is 0. The zero-order chi connectivity index (χ0) is 16.4. The third-order valence-corrected chi connectivity index (χ3v) is 4.94. The summed E-state index contributed by atoms with van der Waals surface area (Å²) in [5, 5.41) is 3.30. The quantitative estimate of drug-likeness (QED) is 0.639.